The van der Waals surface area contributed by atoms with E-state index >= 15 is 0 Å². The predicted molar refractivity (Wildman–Crippen MR) is 113 cm³/mol. The number of ether oxygens (including phenoxy) is 2. The molecule has 0 radical (unpaired) electrons. The summed E-state index contributed by atoms with van der Waals surface area (Å²) in [6.07, 6.45) is 0. The summed E-state index contributed by atoms with van der Waals surface area (Å²) in [5, 5.41) is 6.02. The molecule has 2 N–H and O–H groups in total. The Morgan fingerprint density at radius 2 is 1.80 bits per heavy atom. The van der Waals surface area contributed by atoms with Crippen LogP contribution >= 0.6 is 0 Å². The van der Waals surface area contributed by atoms with Crippen LogP contribution in [0.2, 0.25) is 0 Å². The van der Waals surface area contributed by atoms with Crippen LogP contribution in [0.4, 0.5) is 0 Å². The van der Waals surface area contributed by atoms with Crippen molar-refractivity contribution >= 4 is 15.9 Å². The summed E-state index contributed by atoms with van der Waals surface area (Å²) < 4.78 is 36.9. The van der Waals surface area contributed by atoms with Crippen molar-refractivity contribution in [3.63, 3.8) is 0 Å². The molecule has 0 spiro atoms. The topological polar surface area (TPSA) is 97.0 Å². The van der Waals surface area contributed by atoms with Gasteiger partial charge in [-0.25, -0.2) is 12.7 Å². The van der Waals surface area contributed by atoms with Gasteiger partial charge in [-0.15, -0.1) is 0 Å². The van der Waals surface area contributed by atoms with Crippen LogP contribution in [-0.2, 0) is 26.9 Å². The maximum atomic E-state index is 12.5. The van der Waals surface area contributed by atoms with Gasteiger partial charge in [-0.3, -0.25) is 10.1 Å². The standard InChI is InChI=1S/C21H27N3O5S/c1-21(2,16-9-10-17-18(11-16)29-14-28-17)23-13-20(25)22-12-15-7-5-6-8-19(15)30(26,27)24(3)4/h5-11,23H,12-14H2,1-4H3,(H,22,25). The molecule has 0 aromatic heterocycles. The number of carbonyl (C=O) groups is 1. The number of nitrogens with zero attached hydrogens (tertiary/aromatic N) is 1. The minimum atomic E-state index is -3.59. The van der Waals surface area contributed by atoms with Gasteiger partial charge in [-0.2, -0.15) is 0 Å². The highest BCUT2D eigenvalue weighted by atomic mass is 32.2. The van der Waals surface area contributed by atoms with Crippen molar-refractivity contribution in [1.82, 2.24) is 14.9 Å². The number of hydrogen-bond acceptors (Lipinski definition) is 6. The molecule has 0 unspecified atom stereocenters. The van der Waals surface area contributed by atoms with E-state index in [9.17, 15) is 13.2 Å². The summed E-state index contributed by atoms with van der Waals surface area (Å²) in [4.78, 5) is 12.6. The van der Waals surface area contributed by atoms with E-state index in [1.54, 1.807) is 18.2 Å². The van der Waals surface area contributed by atoms with Gasteiger partial charge in [-0.1, -0.05) is 24.3 Å². The molecule has 3 rings (SSSR count). The third-order valence-electron chi connectivity index (χ3n) is 4.99. The molecule has 1 heterocycles. The smallest absolute Gasteiger partial charge is 0.242 e. The van der Waals surface area contributed by atoms with E-state index in [0.717, 1.165) is 9.87 Å². The Balaban J connectivity index is 1.61. The van der Waals surface area contributed by atoms with Crippen LogP contribution < -0.4 is 20.1 Å². The zero-order chi connectivity index (χ0) is 21.9. The molecule has 162 valence electrons. The van der Waals surface area contributed by atoms with Crippen molar-refractivity contribution < 1.29 is 22.7 Å². The molecule has 2 aromatic carbocycles. The fraction of sp³-hybridized carbons (Fsp3) is 0.381. The summed E-state index contributed by atoms with van der Waals surface area (Å²) in [5.41, 5.74) is 1.02. The quantitative estimate of drug-likeness (QED) is 0.659. The predicted octanol–water partition coefficient (Wildman–Crippen LogP) is 1.81. The largest absolute Gasteiger partial charge is 0.454 e. The van der Waals surface area contributed by atoms with Crippen LogP contribution in [0.25, 0.3) is 0 Å². The van der Waals surface area contributed by atoms with Crippen LogP contribution in [0.3, 0.4) is 0 Å². The first-order chi connectivity index (χ1) is 14.1. The van der Waals surface area contributed by atoms with Crippen molar-refractivity contribution in [2.75, 3.05) is 27.4 Å². The van der Waals surface area contributed by atoms with Crippen LogP contribution in [0, 0.1) is 0 Å². The lowest BCUT2D eigenvalue weighted by atomic mass is 9.94. The van der Waals surface area contributed by atoms with Crippen LogP contribution in [-0.4, -0.2) is 46.1 Å². The SMILES string of the molecule is CN(C)S(=O)(=O)c1ccccc1CNC(=O)CNC(C)(C)c1ccc2c(c1)OCO2. The van der Waals surface area contributed by atoms with Gasteiger partial charge in [0.1, 0.15) is 0 Å². The summed E-state index contributed by atoms with van der Waals surface area (Å²) in [6, 6.07) is 12.3. The zero-order valence-electron chi connectivity index (χ0n) is 17.6. The molecular weight excluding hydrogens is 406 g/mol. The van der Waals surface area contributed by atoms with Gasteiger partial charge >= 0.3 is 0 Å². The van der Waals surface area contributed by atoms with Crippen molar-refractivity contribution in [2.24, 2.45) is 0 Å². The van der Waals surface area contributed by atoms with E-state index < -0.39 is 15.6 Å². The average Bonchev–Trinajstić information content (AvgIpc) is 3.18. The number of amides is 1. The molecule has 8 nitrogen and oxygen atoms in total. The number of fused-ring (bicyclic) bond motifs is 1. The van der Waals surface area contributed by atoms with Crippen molar-refractivity contribution in [3.8, 4) is 11.5 Å². The zero-order valence-corrected chi connectivity index (χ0v) is 18.4. The number of carbonyl (C=O) groups excluding carboxylic acids is 1. The van der Waals surface area contributed by atoms with E-state index in [0.29, 0.717) is 17.1 Å². The van der Waals surface area contributed by atoms with E-state index in [1.165, 1.54) is 20.2 Å². The van der Waals surface area contributed by atoms with E-state index in [4.69, 9.17) is 9.47 Å². The molecule has 0 bridgehead atoms. The van der Waals surface area contributed by atoms with Gasteiger partial charge in [-0.05, 0) is 43.2 Å². The molecule has 0 aliphatic carbocycles. The number of nitrogens with one attached hydrogen (secondary N) is 2. The highest BCUT2D eigenvalue weighted by Crippen LogP contribution is 2.35. The second kappa shape index (κ2) is 8.63. The highest BCUT2D eigenvalue weighted by molar-refractivity contribution is 7.89. The summed E-state index contributed by atoms with van der Waals surface area (Å²) in [7, 11) is -0.630. The number of sulfonamides is 1. The molecular formula is C21H27N3O5S. The van der Waals surface area contributed by atoms with Gasteiger partial charge < -0.3 is 14.8 Å². The van der Waals surface area contributed by atoms with E-state index in [1.807, 2.05) is 32.0 Å². The lowest BCUT2D eigenvalue weighted by Crippen LogP contribution is -2.43. The number of hydrogen-bond donors (Lipinski definition) is 2. The monoisotopic (exact) mass is 433 g/mol. The van der Waals surface area contributed by atoms with E-state index in [-0.39, 0.29) is 30.7 Å². The summed E-state index contributed by atoms with van der Waals surface area (Å²) in [5.74, 6) is 1.16. The van der Waals surface area contributed by atoms with Gasteiger partial charge in [0.2, 0.25) is 22.7 Å². The Labute approximate surface area is 177 Å². The van der Waals surface area contributed by atoms with Crippen molar-refractivity contribution in [2.45, 2.75) is 30.8 Å². The highest BCUT2D eigenvalue weighted by Gasteiger charge is 2.25. The van der Waals surface area contributed by atoms with Gasteiger partial charge in [0.05, 0.1) is 11.4 Å². The van der Waals surface area contributed by atoms with E-state index in [2.05, 4.69) is 10.6 Å². The van der Waals surface area contributed by atoms with Crippen LogP contribution in [0.15, 0.2) is 47.4 Å². The third-order valence-corrected chi connectivity index (χ3v) is 6.91. The minimum absolute atomic E-state index is 0.0735. The number of rotatable bonds is 8. The molecule has 1 aliphatic rings. The van der Waals surface area contributed by atoms with Crippen molar-refractivity contribution in [3.05, 3.63) is 53.6 Å². The molecule has 0 saturated heterocycles. The Morgan fingerprint density at radius 3 is 2.53 bits per heavy atom. The van der Waals surface area contributed by atoms with Gasteiger partial charge in [0.25, 0.3) is 0 Å². The lowest BCUT2D eigenvalue weighted by Gasteiger charge is -2.27. The Kier molecular flexibility index (Phi) is 6.35. The molecule has 1 aliphatic heterocycles. The Hall–Kier alpha value is -2.62. The average molecular weight is 434 g/mol. The first kappa shape index (κ1) is 22.1. The number of benzene rings is 2. The van der Waals surface area contributed by atoms with Gasteiger partial charge in [0, 0.05) is 26.2 Å². The molecule has 30 heavy (non-hydrogen) atoms. The first-order valence-corrected chi connectivity index (χ1v) is 11.0. The fourth-order valence-corrected chi connectivity index (χ4v) is 4.16. The van der Waals surface area contributed by atoms with Gasteiger partial charge in [0.15, 0.2) is 11.5 Å². The first-order valence-electron chi connectivity index (χ1n) is 9.53. The summed E-state index contributed by atoms with van der Waals surface area (Å²) in [6.45, 7) is 4.34. The molecule has 0 saturated carbocycles. The molecule has 0 fully saturated rings. The Bertz CT molecular complexity index is 1030. The normalized spacial score (nSPS) is 13.5. The second-order valence-electron chi connectivity index (χ2n) is 7.72. The second-order valence-corrected chi connectivity index (χ2v) is 9.84. The molecule has 0 atom stereocenters. The fourth-order valence-electron chi connectivity index (χ4n) is 3.04. The van der Waals surface area contributed by atoms with Crippen LogP contribution in [0.1, 0.15) is 25.0 Å². The maximum Gasteiger partial charge on any atom is 0.242 e. The van der Waals surface area contributed by atoms with Crippen molar-refractivity contribution in [1.29, 1.82) is 0 Å². The summed E-state index contributed by atoms with van der Waals surface area (Å²) >= 11 is 0. The molecule has 9 heteroatoms. The molecule has 1 amide bonds. The van der Waals surface area contributed by atoms with Crippen LogP contribution in [0.5, 0.6) is 11.5 Å². The minimum Gasteiger partial charge on any atom is -0.454 e. The maximum absolute atomic E-state index is 12.5. The third kappa shape index (κ3) is 4.75. The lowest BCUT2D eigenvalue weighted by molar-refractivity contribution is -0.120. The Morgan fingerprint density at radius 1 is 1.10 bits per heavy atom. The molecule has 2 aromatic rings.